The number of amides is 2. The minimum absolute atomic E-state index is 0.0379. The molecule has 112 valence electrons. The molecule has 0 saturated carbocycles. The van der Waals surface area contributed by atoms with E-state index in [1.807, 2.05) is 18.5 Å². The summed E-state index contributed by atoms with van der Waals surface area (Å²) in [6.45, 7) is 4.30. The number of alkyl halides is 1. The molecule has 1 N–H and O–H groups in total. The van der Waals surface area contributed by atoms with Crippen molar-refractivity contribution in [2.24, 2.45) is 0 Å². The van der Waals surface area contributed by atoms with Gasteiger partial charge in [0.2, 0.25) is 0 Å². The normalized spacial score (nSPS) is 19.5. The number of nitrogens with zero attached hydrogens (tertiary/aromatic N) is 2. The van der Waals surface area contributed by atoms with Crippen LogP contribution in [-0.4, -0.2) is 25.1 Å². The SMILES string of the molecule is CC(C)c1cccn2c([I-]C3CCC(=O)NC3=O)cnc12. The zero-order chi connectivity index (χ0) is 15.0. The number of piperidine rings is 1. The summed E-state index contributed by atoms with van der Waals surface area (Å²) in [7, 11) is 0. The third kappa shape index (κ3) is 2.81. The average Bonchev–Trinajstić information content (AvgIpc) is 2.85. The number of nitrogens with one attached hydrogen (secondary N) is 1. The Morgan fingerprint density at radius 3 is 2.95 bits per heavy atom. The van der Waals surface area contributed by atoms with Gasteiger partial charge in [-0.25, -0.2) is 0 Å². The van der Waals surface area contributed by atoms with Gasteiger partial charge in [-0.05, 0) is 0 Å². The molecular formula is C15H17IN3O2-. The molecule has 1 atom stereocenters. The Labute approximate surface area is 133 Å². The Morgan fingerprint density at radius 1 is 1.43 bits per heavy atom. The van der Waals surface area contributed by atoms with Crippen molar-refractivity contribution in [1.82, 2.24) is 14.7 Å². The summed E-state index contributed by atoms with van der Waals surface area (Å²) in [5.74, 6) is 0.146. The number of carbonyl (C=O) groups is 2. The van der Waals surface area contributed by atoms with Crippen molar-refractivity contribution >= 4 is 17.5 Å². The summed E-state index contributed by atoms with van der Waals surface area (Å²) >= 11 is -0.515. The summed E-state index contributed by atoms with van der Waals surface area (Å²) in [5.41, 5.74) is 2.20. The summed E-state index contributed by atoms with van der Waals surface area (Å²) in [6, 6.07) is 4.13. The molecular weight excluding hydrogens is 381 g/mol. The van der Waals surface area contributed by atoms with Crippen LogP contribution in [0.3, 0.4) is 0 Å². The van der Waals surface area contributed by atoms with Crippen molar-refractivity contribution in [1.29, 1.82) is 0 Å². The molecule has 0 radical (unpaired) electrons. The molecule has 5 nitrogen and oxygen atoms in total. The molecule has 0 aliphatic carbocycles. The zero-order valence-electron chi connectivity index (χ0n) is 12.0. The van der Waals surface area contributed by atoms with E-state index in [2.05, 4.69) is 34.6 Å². The van der Waals surface area contributed by atoms with Crippen LogP contribution in [0, 0.1) is 3.70 Å². The Bertz CT molecular complexity index is 708. The van der Waals surface area contributed by atoms with Gasteiger partial charge in [0.05, 0.1) is 0 Å². The second-order valence-corrected chi connectivity index (χ2v) is 8.65. The number of rotatable bonds is 3. The van der Waals surface area contributed by atoms with E-state index >= 15 is 0 Å². The van der Waals surface area contributed by atoms with Crippen LogP contribution in [0.2, 0.25) is 0 Å². The van der Waals surface area contributed by atoms with Crippen LogP contribution in [-0.2, 0) is 9.59 Å². The van der Waals surface area contributed by atoms with Crippen LogP contribution in [0.4, 0.5) is 0 Å². The predicted octanol–water partition coefficient (Wildman–Crippen LogP) is -1.48. The van der Waals surface area contributed by atoms with Crippen LogP contribution < -0.4 is 26.5 Å². The molecule has 2 aromatic rings. The number of imide groups is 1. The number of hydrogen-bond acceptors (Lipinski definition) is 3. The molecule has 1 fully saturated rings. The molecule has 0 aromatic carbocycles. The quantitative estimate of drug-likeness (QED) is 0.390. The Kier molecular flexibility index (Phi) is 3.97. The summed E-state index contributed by atoms with van der Waals surface area (Å²) in [4.78, 5) is 27.7. The van der Waals surface area contributed by atoms with E-state index in [-0.39, 0.29) is 15.7 Å². The fourth-order valence-corrected chi connectivity index (χ4v) is 5.26. The molecule has 6 heteroatoms. The van der Waals surface area contributed by atoms with E-state index in [0.29, 0.717) is 18.8 Å². The number of fused-ring (bicyclic) bond motifs is 1. The van der Waals surface area contributed by atoms with Gasteiger partial charge in [-0.3, -0.25) is 0 Å². The molecule has 21 heavy (non-hydrogen) atoms. The van der Waals surface area contributed by atoms with E-state index < -0.39 is 21.2 Å². The van der Waals surface area contributed by atoms with Crippen molar-refractivity contribution < 1.29 is 30.8 Å². The fourth-order valence-electron chi connectivity index (χ4n) is 2.44. The summed E-state index contributed by atoms with van der Waals surface area (Å²) < 4.78 is 3.19. The van der Waals surface area contributed by atoms with Gasteiger partial charge in [0.1, 0.15) is 0 Å². The first kappa shape index (κ1) is 14.5. The van der Waals surface area contributed by atoms with Crippen LogP contribution >= 0.6 is 0 Å². The third-order valence-corrected chi connectivity index (χ3v) is 6.93. The van der Waals surface area contributed by atoms with Gasteiger partial charge in [-0.15, -0.1) is 0 Å². The number of pyridine rings is 1. The average molecular weight is 398 g/mol. The van der Waals surface area contributed by atoms with E-state index in [1.165, 1.54) is 5.56 Å². The Hall–Kier alpha value is -1.44. The van der Waals surface area contributed by atoms with Gasteiger partial charge >= 0.3 is 133 Å². The van der Waals surface area contributed by atoms with Crippen molar-refractivity contribution in [3.63, 3.8) is 0 Å². The standard InChI is InChI=1S/C15H17IN3O2/c1-9(2)10-4-3-7-19-12(8-17-14(10)19)16-11-5-6-13(20)18-15(11)21/h3-4,7-9,11H,5-6H2,1-2H3,(H,18,20,21)/q-1. The second-order valence-electron chi connectivity index (χ2n) is 5.42. The van der Waals surface area contributed by atoms with Crippen molar-refractivity contribution in [3.05, 3.63) is 33.8 Å². The summed E-state index contributed by atoms with van der Waals surface area (Å²) in [5, 5.41) is 2.44. The molecule has 0 bridgehead atoms. The van der Waals surface area contributed by atoms with Crippen LogP contribution in [0.25, 0.3) is 5.65 Å². The molecule has 1 aliphatic rings. The number of halogens is 1. The van der Waals surface area contributed by atoms with Crippen molar-refractivity contribution in [3.8, 4) is 0 Å². The first-order chi connectivity index (χ1) is 10.1. The molecule has 1 aliphatic heterocycles. The molecule has 3 heterocycles. The van der Waals surface area contributed by atoms with Crippen LogP contribution in [0.5, 0.6) is 0 Å². The van der Waals surface area contributed by atoms with Crippen LogP contribution in [0.1, 0.15) is 38.2 Å². The predicted molar refractivity (Wildman–Crippen MR) is 74.1 cm³/mol. The van der Waals surface area contributed by atoms with Gasteiger partial charge in [0.15, 0.2) is 0 Å². The van der Waals surface area contributed by atoms with Gasteiger partial charge in [0.25, 0.3) is 0 Å². The van der Waals surface area contributed by atoms with Gasteiger partial charge in [-0.1, -0.05) is 0 Å². The van der Waals surface area contributed by atoms with E-state index in [1.54, 1.807) is 0 Å². The molecule has 1 unspecified atom stereocenters. The van der Waals surface area contributed by atoms with E-state index in [4.69, 9.17) is 0 Å². The third-order valence-electron chi connectivity index (χ3n) is 3.56. The van der Waals surface area contributed by atoms with E-state index in [0.717, 1.165) is 9.35 Å². The molecule has 1 saturated heterocycles. The number of carbonyl (C=O) groups excluding carboxylic acids is 2. The molecule has 3 rings (SSSR count). The van der Waals surface area contributed by atoms with Crippen LogP contribution in [0.15, 0.2) is 24.5 Å². The van der Waals surface area contributed by atoms with Gasteiger partial charge in [-0.2, -0.15) is 0 Å². The number of aromatic nitrogens is 2. The summed E-state index contributed by atoms with van der Waals surface area (Å²) in [6.07, 6.45) is 5.01. The zero-order valence-corrected chi connectivity index (χ0v) is 14.1. The first-order valence-electron chi connectivity index (χ1n) is 6.99. The second kappa shape index (κ2) is 5.75. The van der Waals surface area contributed by atoms with Crippen molar-refractivity contribution in [2.75, 3.05) is 0 Å². The van der Waals surface area contributed by atoms with Crippen molar-refractivity contribution in [2.45, 2.75) is 36.5 Å². The number of imidazole rings is 1. The van der Waals surface area contributed by atoms with Gasteiger partial charge < -0.3 is 0 Å². The molecule has 2 aromatic heterocycles. The van der Waals surface area contributed by atoms with E-state index in [9.17, 15) is 9.59 Å². The maximum atomic E-state index is 11.9. The number of hydrogen-bond donors (Lipinski definition) is 1. The molecule has 2 amide bonds. The fraction of sp³-hybridized carbons (Fsp3) is 0.400. The van der Waals surface area contributed by atoms with Gasteiger partial charge in [0, 0.05) is 0 Å². The Morgan fingerprint density at radius 2 is 2.24 bits per heavy atom. The minimum atomic E-state index is -0.515. The first-order valence-corrected chi connectivity index (χ1v) is 9.31. The monoisotopic (exact) mass is 398 g/mol. The molecule has 0 spiro atoms. The Balaban J connectivity index is 1.90. The topological polar surface area (TPSA) is 63.5 Å². The maximum absolute atomic E-state index is 11.9.